The zero-order valence-corrected chi connectivity index (χ0v) is 19.0. The molecule has 4 N–H and O–H groups in total. The van der Waals surface area contributed by atoms with Crippen molar-refractivity contribution in [3.8, 4) is 23.0 Å². The van der Waals surface area contributed by atoms with E-state index in [-0.39, 0.29) is 23.4 Å². The molecule has 0 aliphatic heterocycles. The number of phenols is 1. The van der Waals surface area contributed by atoms with E-state index in [2.05, 4.69) is 10.6 Å². The number of methoxy groups -OCH3 is 3. The van der Waals surface area contributed by atoms with Gasteiger partial charge in [-0.25, -0.2) is 0 Å². The fourth-order valence-corrected chi connectivity index (χ4v) is 3.27. The molecule has 3 aromatic carbocycles. The maximum absolute atomic E-state index is 12.7. The lowest BCUT2D eigenvalue weighted by Gasteiger charge is -2.16. The first-order chi connectivity index (χ1) is 16.4. The Labute approximate surface area is 196 Å². The van der Waals surface area contributed by atoms with E-state index in [9.17, 15) is 19.8 Å². The first-order valence-corrected chi connectivity index (χ1v) is 10.3. The number of rotatable bonds is 9. The molecule has 1 atom stereocenters. The van der Waals surface area contributed by atoms with Crippen LogP contribution in [0, 0.1) is 0 Å². The highest BCUT2D eigenvalue weighted by Gasteiger charge is 2.18. The second kappa shape index (κ2) is 11.1. The van der Waals surface area contributed by atoms with Crippen LogP contribution in [0.5, 0.6) is 23.0 Å². The van der Waals surface area contributed by atoms with Gasteiger partial charge in [0, 0.05) is 29.4 Å². The number of aliphatic hydroxyl groups is 1. The number of hydrogen-bond acceptors (Lipinski definition) is 7. The van der Waals surface area contributed by atoms with Gasteiger partial charge in [0.1, 0.15) is 23.0 Å². The van der Waals surface area contributed by atoms with E-state index >= 15 is 0 Å². The standard InChI is InChI=1S/C25H26N2O7/c1-32-17-10-15(11-18(13-17)33-2)24(30)27-16-8-9-21(28)20(12-16)25(31)26-14-22(29)19-6-4-5-7-23(19)34-3/h4-13,22,28-29H,14H2,1-3H3,(H,26,31)(H,27,30)/t22-/m1/s1. The first kappa shape index (κ1) is 24.4. The fourth-order valence-electron chi connectivity index (χ4n) is 3.27. The Morgan fingerprint density at radius 3 is 2.21 bits per heavy atom. The third kappa shape index (κ3) is 5.76. The van der Waals surface area contributed by atoms with E-state index in [4.69, 9.17) is 14.2 Å². The van der Waals surface area contributed by atoms with Crippen molar-refractivity contribution in [3.05, 3.63) is 77.4 Å². The molecule has 0 spiro atoms. The van der Waals surface area contributed by atoms with E-state index in [1.807, 2.05) is 0 Å². The molecule has 0 saturated heterocycles. The van der Waals surface area contributed by atoms with Crippen LogP contribution in [0.15, 0.2) is 60.7 Å². The van der Waals surface area contributed by atoms with Crippen molar-refractivity contribution in [1.82, 2.24) is 5.32 Å². The number of aromatic hydroxyl groups is 1. The molecule has 3 rings (SSSR count). The Hall–Kier alpha value is -4.24. The van der Waals surface area contributed by atoms with Crippen LogP contribution in [0.2, 0.25) is 0 Å². The number of amides is 2. The van der Waals surface area contributed by atoms with Crippen LogP contribution in [0.25, 0.3) is 0 Å². The third-order valence-corrected chi connectivity index (χ3v) is 5.07. The van der Waals surface area contributed by atoms with Crippen molar-refractivity contribution in [2.75, 3.05) is 33.2 Å². The van der Waals surface area contributed by atoms with Gasteiger partial charge in [0.2, 0.25) is 0 Å². The largest absolute Gasteiger partial charge is 0.507 e. The van der Waals surface area contributed by atoms with Gasteiger partial charge in [-0.15, -0.1) is 0 Å². The molecule has 0 aliphatic carbocycles. The summed E-state index contributed by atoms with van der Waals surface area (Å²) in [5.74, 6) is 0.0375. The van der Waals surface area contributed by atoms with Crippen LogP contribution in [0.4, 0.5) is 5.69 Å². The second-order valence-electron chi connectivity index (χ2n) is 7.26. The summed E-state index contributed by atoms with van der Waals surface area (Å²) in [4.78, 5) is 25.4. The monoisotopic (exact) mass is 466 g/mol. The van der Waals surface area contributed by atoms with Crippen LogP contribution in [-0.4, -0.2) is 49.9 Å². The van der Waals surface area contributed by atoms with Crippen molar-refractivity contribution < 1.29 is 34.0 Å². The molecule has 2 amide bonds. The molecule has 0 heterocycles. The Kier molecular flexibility index (Phi) is 7.94. The fraction of sp³-hybridized carbons (Fsp3) is 0.200. The Bertz CT molecular complexity index is 1160. The summed E-state index contributed by atoms with van der Waals surface area (Å²) in [5, 5.41) is 25.9. The number of ether oxygens (including phenoxy) is 3. The molecule has 0 bridgehead atoms. The van der Waals surface area contributed by atoms with Gasteiger partial charge in [-0.1, -0.05) is 18.2 Å². The number of carbonyl (C=O) groups excluding carboxylic acids is 2. The first-order valence-electron chi connectivity index (χ1n) is 10.3. The summed E-state index contributed by atoms with van der Waals surface area (Å²) in [6.45, 7) is -0.112. The summed E-state index contributed by atoms with van der Waals surface area (Å²) in [6, 6.07) is 15.8. The highest BCUT2D eigenvalue weighted by atomic mass is 16.5. The molecule has 178 valence electrons. The number of nitrogens with one attached hydrogen (secondary N) is 2. The van der Waals surface area contributed by atoms with Gasteiger partial charge < -0.3 is 35.1 Å². The molecular formula is C25H26N2O7. The number of phenolic OH excluding ortho intramolecular Hbond substituents is 1. The Balaban J connectivity index is 1.72. The SMILES string of the molecule is COc1cc(OC)cc(C(=O)Nc2ccc(O)c(C(=O)NC[C@@H](O)c3ccccc3OC)c2)c1. The molecule has 3 aromatic rings. The van der Waals surface area contributed by atoms with E-state index in [0.717, 1.165) is 0 Å². The van der Waals surface area contributed by atoms with Gasteiger partial charge in [-0.3, -0.25) is 9.59 Å². The molecule has 0 fully saturated rings. The lowest BCUT2D eigenvalue weighted by molar-refractivity contribution is 0.0911. The van der Waals surface area contributed by atoms with Crippen molar-refractivity contribution >= 4 is 17.5 Å². The molecule has 0 saturated carbocycles. The minimum atomic E-state index is -1.02. The number of para-hydroxylation sites is 1. The Morgan fingerprint density at radius 1 is 0.882 bits per heavy atom. The molecule has 0 unspecified atom stereocenters. The predicted molar refractivity (Wildman–Crippen MR) is 126 cm³/mol. The molecular weight excluding hydrogens is 440 g/mol. The average molecular weight is 466 g/mol. The maximum Gasteiger partial charge on any atom is 0.255 e. The van der Waals surface area contributed by atoms with Gasteiger partial charge in [-0.2, -0.15) is 0 Å². The van der Waals surface area contributed by atoms with E-state index in [1.165, 1.54) is 39.5 Å². The van der Waals surface area contributed by atoms with E-state index < -0.39 is 17.9 Å². The zero-order valence-electron chi connectivity index (χ0n) is 19.0. The lowest BCUT2D eigenvalue weighted by Crippen LogP contribution is -2.28. The third-order valence-electron chi connectivity index (χ3n) is 5.07. The summed E-state index contributed by atoms with van der Waals surface area (Å²) < 4.78 is 15.6. The number of anilines is 1. The van der Waals surface area contributed by atoms with Crippen LogP contribution in [0.3, 0.4) is 0 Å². The summed E-state index contributed by atoms with van der Waals surface area (Å²) in [6.07, 6.45) is -1.02. The normalized spacial score (nSPS) is 11.3. The molecule has 34 heavy (non-hydrogen) atoms. The smallest absolute Gasteiger partial charge is 0.255 e. The lowest BCUT2D eigenvalue weighted by atomic mass is 10.1. The summed E-state index contributed by atoms with van der Waals surface area (Å²) in [5.41, 5.74) is 1.03. The molecule has 9 heteroatoms. The van der Waals surface area contributed by atoms with Gasteiger partial charge in [0.05, 0.1) is 33.0 Å². The molecule has 9 nitrogen and oxygen atoms in total. The van der Waals surface area contributed by atoms with Gasteiger partial charge in [0.25, 0.3) is 11.8 Å². The highest BCUT2D eigenvalue weighted by Crippen LogP contribution is 2.26. The van der Waals surface area contributed by atoms with Gasteiger partial charge >= 0.3 is 0 Å². The molecule has 0 aromatic heterocycles. The number of carbonyl (C=O) groups is 2. The van der Waals surface area contributed by atoms with Crippen molar-refractivity contribution in [1.29, 1.82) is 0 Å². The number of hydrogen-bond donors (Lipinski definition) is 4. The van der Waals surface area contributed by atoms with E-state index in [0.29, 0.717) is 28.5 Å². The zero-order chi connectivity index (χ0) is 24.7. The number of aliphatic hydroxyl groups excluding tert-OH is 1. The number of benzene rings is 3. The van der Waals surface area contributed by atoms with Crippen LogP contribution < -0.4 is 24.8 Å². The van der Waals surface area contributed by atoms with Crippen molar-refractivity contribution in [3.63, 3.8) is 0 Å². The Morgan fingerprint density at radius 2 is 1.56 bits per heavy atom. The highest BCUT2D eigenvalue weighted by molar-refractivity contribution is 6.06. The summed E-state index contributed by atoms with van der Waals surface area (Å²) in [7, 11) is 4.45. The van der Waals surface area contributed by atoms with Crippen molar-refractivity contribution in [2.45, 2.75) is 6.10 Å². The minimum Gasteiger partial charge on any atom is -0.507 e. The maximum atomic E-state index is 12.7. The quantitative estimate of drug-likeness (QED) is 0.357. The van der Waals surface area contributed by atoms with Crippen LogP contribution in [-0.2, 0) is 0 Å². The van der Waals surface area contributed by atoms with Gasteiger partial charge in [-0.05, 0) is 36.4 Å². The molecule has 0 aliphatic rings. The van der Waals surface area contributed by atoms with Crippen LogP contribution in [0.1, 0.15) is 32.4 Å². The van der Waals surface area contributed by atoms with Crippen LogP contribution >= 0.6 is 0 Å². The van der Waals surface area contributed by atoms with E-state index in [1.54, 1.807) is 42.5 Å². The minimum absolute atomic E-state index is 0.0618. The van der Waals surface area contributed by atoms with Gasteiger partial charge in [0.15, 0.2) is 0 Å². The topological polar surface area (TPSA) is 126 Å². The predicted octanol–water partition coefficient (Wildman–Crippen LogP) is 3.13. The second-order valence-corrected chi connectivity index (χ2v) is 7.26. The molecule has 0 radical (unpaired) electrons. The average Bonchev–Trinajstić information content (AvgIpc) is 2.87. The summed E-state index contributed by atoms with van der Waals surface area (Å²) >= 11 is 0. The van der Waals surface area contributed by atoms with Crippen molar-refractivity contribution in [2.24, 2.45) is 0 Å².